The third kappa shape index (κ3) is 4.83. The van der Waals surface area contributed by atoms with Crippen molar-refractivity contribution in [1.29, 1.82) is 0 Å². The maximum absolute atomic E-state index is 12.9. The molecule has 0 radical (unpaired) electrons. The summed E-state index contributed by atoms with van der Waals surface area (Å²) in [6.45, 7) is 6.78. The lowest BCUT2D eigenvalue weighted by Crippen LogP contribution is -2.32. The van der Waals surface area contributed by atoms with Crippen molar-refractivity contribution in [2.75, 3.05) is 19.6 Å². The van der Waals surface area contributed by atoms with E-state index in [9.17, 15) is 22.8 Å². The Labute approximate surface area is 210 Å². The minimum atomic E-state index is -4.32. The van der Waals surface area contributed by atoms with Crippen LogP contribution in [0, 0.1) is 19.8 Å². The second-order valence-corrected chi connectivity index (χ2v) is 10.6. The number of aromatic nitrogens is 3. The zero-order valence-corrected chi connectivity index (χ0v) is 20.9. The monoisotopic (exact) mass is 526 g/mol. The topological polar surface area (TPSA) is 71.0 Å². The molecule has 1 saturated heterocycles. The SMILES string of the molecule is Cc1nc(-c2cn(CCCN3C[C@@H]4C[C@]4(c4ccc(C(F)(F)F)cc4)C3)c(=O)[nH]c2=O)sc1C.Cl. The predicted molar refractivity (Wildman–Crippen MR) is 131 cm³/mol. The Morgan fingerprint density at radius 3 is 2.51 bits per heavy atom. The number of hydrogen-bond donors (Lipinski definition) is 1. The van der Waals surface area contributed by atoms with E-state index in [1.165, 1.54) is 28.0 Å². The number of hydrogen-bond acceptors (Lipinski definition) is 5. The fraction of sp³-hybridized carbons (Fsp3) is 0.458. The summed E-state index contributed by atoms with van der Waals surface area (Å²) >= 11 is 1.43. The summed E-state index contributed by atoms with van der Waals surface area (Å²) < 4.78 is 40.2. The van der Waals surface area contributed by atoms with Gasteiger partial charge in [-0.05, 0) is 56.8 Å². The van der Waals surface area contributed by atoms with E-state index < -0.39 is 23.0 Å². The molecule has 0 unspecified atom stereocenters. The summed E-state index contributed by atoms with van der Waals surface area (Å²) in [5, 5.41) is 0.600. The van der Waals surface area contributed by atoms with Gasteiger partial charge in [0.1, 0.15) is 5.01 Å². The van der Waals surface area contributed by atoms with E-state index >= 15 is 0 Å². The van der Waals surface area contributed by atoms with Crippen LogP contribution in [0.2, 0.25) is 0 Å². The number of alkyl halides is 3. The van der Waals surface area contributed by atoms with E-state index in [2.05, 4.69) is 14.9 Å². The van der Waals surface area contributed by atoms with Crippen molar-refractivity contribution in [2.45, 2.75) is 44.8 Å². The molecule has 188 valence electrons. The highest BCUT2D eigenvalue weighted by molar-refractivity contribution is 7.15. The first-order valence-corrected chi connectivity index (χ1v) is 12.1. The van der Waals surface area contributed by atoms with E-state index in [0.717, 1.165) is 48.6 Å². The summed E-state index contributed by atoms with van der Waals surface area (Å²) in [5.74, 6) is 0.461. The zero-order valence-electron chi connectivity index (χ0n) is 19.3. The molecule has 1 aliphatic heterocycles. The fourth-order valence-electron chi connectivity index (χ4n) is 5.08. The van der Waals surface area contributed by atoms with Crippen molar-refractivity contribution >= 4 is 23.7 Å². The van der Waals surface area contributed by atoms with E-state index in [1.807, 2.05) is 13.8 Å². The number of nitrogens with one attached hydrogen (secondary N) is 1. The van der Waals surface area contributed by atoms with Crippen molar-refractivity contribution in [1.82, 2.24) is 19.4 Å². The molecule has 0 bridgehead atoms. The molecule has 1 aliphatic carbocycles. The molecule has 2 aromatic heterocycles. The van der Waals surface area contributed by atoms with E-state index in [-0.39, 0.29) is 17.8 Å². The second kappa shape index (κ2) is 9.22. The number of aryl methyl sites for hydroxylation is 3. The van der Waals surface area contributed by atoms with Gasteiger partial charge in [-0.3, -0.25) is 14.3 Å². The number of H-pyrrole nitrogens is 1. The zero-order chi connectivity index (χ0) is 24.3. The Bertz CT molecular complexity index is 1330. The van der Waals surface area contributed by atoms with Crippen LogP contribution in [-0.2, 0) is 18.1 Å². The molecule has 35 heavy (non-hydrogen) atoms. The number of thiazole rings is 1. The summed E-state index contributed by atoms with van der Waals surface area (Å²) in [6, 6.07) is 5.59. The van der Waals surface area contributed by atoms with E-state index in [0.29, 0.717) is 23.0 Å². The van der Waals surface area contributed by atoms with Crippen LogP contribution in [0.1, 0.15) is 34.5 Å². The van der Waals surface area contributed by atoms with Crippen molar-refractivity contribution in [3.63, 3.8) is 0 Å². The Morgan fingerprint density at radius 1 is 1.17 bits per heavy atom. The van der Waals surface area contributed by atoms with Crippen molar-refractivity contribution in [2.24, 2.45) is 5.92 Å². The third-order valence-corrected chi connectivity index (χ3v) is 8.25. The molecule has 1 aromatic carbocycles. The molecule has 3 heterocycles. The first-order valence-electron chi connectivity index (χ1n) is 11.2. The summed E-state index contributed by atoms with van der Waals surface area (Å²) in [6.07, 6.45) is -1.01. The van der Waals surface area contributed by atoms with Gasteiger partial charge in [-0.1, -0.05) is 12.1 Å². The van der Waals surface area contributed by atoms with Crippen molar-refractivity contribution < 1.29 is 13.2 Å². The Hall–Kier alpha value is -2.43. The lowest BCUT2D eigenvalue weighted by Gasteiger charge is -2.21. The summed E-state index contributed by atoms with van der Waals surface area (Å²) in [4.78, 5) is 34.8. The average Bonchev–Trinajstić information content (AvgIpc) is 3.18. The quantitative estimate of drug-likeness (QED) is 0.517. The second-order valence-electron chi connectivity index (χ2n) is 9.38. The number of fused-ring (bicyclic) bond motifs is 1. The molecule has 6 nitrogen and oxygen atoms in total. The highest BCUT2D eigenvalue weighted by Gasteiger charge is 2.60. The van der Waals surface area contributed by atoms with Crippen LogP contribution in [0.5, 0.6) is 0 Å². The van der Waals surface area contributed by atoms with Gasteiger partial charge < -0.3 is 4.90 Å². The average molecular weight is 527 g/mol. The molecule has 2 atom stereocenters. The summed E-state index contributed by atoms with van der Waals surface area (Å²) in [5.41, 5.74) is 0.692. The Morgan fingerprint density at radius 2 is 1.89 bits per heavy atom. The molecule has 11 heteroatoms. The molecular weight excluding hydrogens is 501 g/mol. The van der Waals surface area contributed by atoms with Gasteiger partial charge in [0.25, 0.3) is 5.56 Å². The lowest BCUT2D eigenvalue weighted by molar-refractivity contribution is -0.137. The van der Waals surface area contributed by atoms with Crippen LogP contribution >= 0.6 is 23.7 Å². The molecule has 0 amide bonds. The summed E-state index contributed by atoms with van der Waals surface area (Å²) in [7, 11) is 0. The van der Waals surface area contributed by atoms with Gasteiger partial charge in [-0.2, -0.15) is 13.2 Å². The van der Waals surface area contributed by atoms with Gasteiger partial charge in [0.15, 0.2) is 0 Å². The minimum absolute atomic E-state index is 0. The van der Waals surface area contributed by atoms with Crippen LogP contribution in [0.25, 0.3) is 10.6 Å². The highest BCUT2D eigenvalue weighted by atomic mass is 35.5. The number of rotatable bonds is 6. The van der Waals surface area contributed by atoms with Crippen LogP contribution in [0.3, 0.4) is 0 Å². The number of piperidine rings is 1. The number of halogens is 4. The molecule has 0 spiro atoms. The van der Waals surface area contributed by atoms with Crippen LogP contribution < -0.4 is 11.2 Å². The fourth-order valence-corrected chi connectivity index (χ4v) is 6.00. The standard InChI is InChI=1S/C24H25F3N4O2S.ClH/c1-14-15(2)34-21(28-14)19-12-31(22(33)29-20(19)32)9-3-8-30-11-18-10-23(18,13-30)16-4-6-17(7-5-16)24(25,26)27;/h4-7,12,18H,3,8-11,13H2,1-2H3,(H,29,32,33);1H/t18-,23+;/m0./s1. The smallest absolute Gasteiger partial charge is 0.302 e. The highest BCUT2D eigenvalue weighted by Crippen LogP contribution is 2.59. The number of benzene rings is 1. The maximum Gasteiger partial charge on any atom is 0.416 e. The number of aromatic amines is 1. The minimum Gasteiger partial charge on any atom is -0.302 e. The molecule has 2 fully saturated rings. The predicted octanol–water partition coefficient (Wildman–Crippen LogP) is 4.38. The molecule has 3 aromatic rings. The first-order chi connectivity index (χ1) is 16.1. The van der Waals surface area contributed by atoms with E-state index in [1.54, 1.807) is 18.3 Å². The van der Waals surface area contributed by atoms with Crippen molar-refractivity contribution in [3.05, 3.63) is 73.0 Å². The molecule has 5 rings (SSSR count). The third-order valence-electron chi connectivity index (χ3n) is 7.15. The Balaban J connectivity index is 0.00000289. The normalized spacial score (nSPS) is 21.6. The maximum atomic E-state index is 12.9. The van der Waals surface area contributed by atoms with Gasteiger partial charge in [-0.25, -0.2) is 9.78 Å². The molecular formula is C24H26ClF3N4O2S. The molecule has 1 N–H and O–H groups in total. The van der Waals surface area contributed by atoms with Gasteiger partial charge in [-0.15, -0.1) is 23.7 Å². The Kier molecular flexibility index (Phi) is 6.76. The van der Waals surface area contributed by atoms with Crippen molar-refractivity contribution in [3.8, 4) is 10.6 Å². The van der Waals surface area contributed by atoms with Gasteiger partial charge in [0.05, 0.1) is 16.8 Å². The number of nitrogens with zero attached hydrogens (tertiary/aromatic N) is 3. The van der Waals surface area contributed by atoms with Crippen LogP contribution in [0.4, 0.5) is 13.2 Å². The molecule has 2 aliphatic rings. The van der Waals surface area contributed by atoms with E-state index in [4.69, 9.17) is 0 Å². The van der Waals surface area contributed by atoms with Crippen LogP contribution in [0.15, 0.2) is 40.1 Å². The lowest BCUT2D eigenvalue weighted by atomic mass is 9.94. The van der Waals surface area contributed by atoms with Gasteiger partial charge in [0, 0.05) is 36.1 Å². The van der Waals surface area contributed by atoms with Gasteiger partial charge in [0.2, 0.25) is 0 Å². The first kappa shape index (κ1) is 25.7. The van der Waals surface area contributed by atoms with Gasteiger partial charge >= 0.3 is 11.9 Å². The van der Waals surface area contributed by atoms with Crippen LogP contribution in [-0.4, -0.2) is 39.1 Å². The number of likely N-dealkylation sites (tertiary alicyclic amines) is 1. The largest absolute Gasteiger partial charge is 0.416 e. The molecule has 1 saturated carbocycles.